The van der Waals surface area contributed by atoms with Crippen molar-refractivity contribution in [2.75, 3.05) is 6.54 Å². The van der Waals surface area contributed by atoms with Gasteiger partial charge in [0.1, 0.15) is 16.0 Å². The van der Waals surface area contributed by atoms with E-state index in [0.29, 0.717) is 12.0 Å². The molecule has 3 rings (SSSR count). The molecule has 2 aromatic carbocycles. The van der Waals surface area contributed by atoms with Gasteiger partial charge in [0, 0.05) is 12.1 Å². The van der Waals surface area contributed by atoms with Gasteiger partial charge in [0.25, 0.3) is 0 Å². The molecule has 4 nitrogen and oxygen atoms in total. The number of phenols is 1. The standard InChI is InChI=1S/C21H17F3N2O2S/c22-21(23,24)19-18(20(28)25-13-12-14-4-2-1-3-5-14)29-17(26-19)11-8-15-6-9-16(27)10-7-15/h1-7,9-10,18-19,27H,12-13H2,(H,25,28). The number of thioether (sulfide) groups is 1. The lowest BCUT2D eigenvalue weighted by Gasteiger charge is -2.19. The summed E-state index contributed by atoms with van der Waals surface area (Å²) in [5.41, 5.74) is 1.50. The topological polar surface area (TPSA) is 61.7 Å². The van der Waals surface area contributed by atoms with Crippen molar-refractivity contribution in [2.45, 2.75) is 23.9 Å². The molecule has 2 N–H and O–H groups in total. The summed E-state index contributed by atoms with van der Waals surface area (Å²) in [5.74, 6) is 4.64. The van der Waals surface area contributed by atoms with E-state index in [1.165, 1.54) is 24.3 Å². The van der Waals surface area contributed by atoms with Crippen LogP contribution >= 0.6 is 11.8 Å². The molecule has 29 heavy (non-hydrogen) atoms. The van der Waals surface area contributed by atoms with Crippen LogP contribution in [0.1, 0.15) is 11.1 Å². The summed E-state index contributed by atoms with van der Waals surface area (Å²) in [7, 11) is 0. The minimum Gasteiger partial charge on any atom is -0.508 e. The van der Waals surface area contributed by atoms with Crippen LogP contribution in [-0.4, -0.2) is 40.1 Å². The van der Waals surface area contributed by atoms with Gasteiger partial charge in [-0.1, -0.05) is 48.0 Å². The first-order valence-corrected chi connectivity index (χ1v) is 9.65. The molecule has 0 spiro atoms. The molecule has 0 saturated carbocycles. The highest BCUT2D eigenvalue weighted by Gasteiger charge is 2.51. The summed E-state index contributed by atoms with van der Waals surface area (Å²) >= 11 is 0.717. The Labute approximate surface area is 170 Å². The van der Waals surface area contributed by atoms with Gasteiger partial charge >= 0.3 is 6.18 Å². The molecule has 2 unspecified atom stereocenters. The van der Waals surface area contributed by atoms with E-state index in [0.717, 1.165) is 17.3 Å². The van der Waals surface area contributed by atoms with Gasteiger partial charge in [0.2, 0.25) is 5.91 Å². The Hall–Kier alpha value is -2.92. The van der Waals surface area contributed by atoms with Crippen LogP contribution in [0.3, 0.4) is 0 Å². The van der Waals surface area contributed by atoms with Crippen molar-refractivity contribution in [3.8, 4) is 17.6 Å². The van der Waals surface area contributed by atoms with Gasteiger partial charge in [-0.25, -0.2) is 0 Å². The van der Waals surface area contributed by atoms with Gasteiger partial charge in [-0.2, -0.15) is 13.2 Å². The summed E-state index contributed by atoms with van der Waals surface area (Å²) in [6, 6.07) is 13.1. The Balaban J connectivity index is 1.65. The molecule has 0 fully saturated rings. The number of amides is 1. The Morgan fingerprint density at radius 1 is 1.10 bits per heavy atom. The van der Waals surface area contributed by atoms with E-state index in [4.69, 9.17) is 0 Å². The molecule has 8 heteroatoms. The van der Waals surface area contributed by atoms with Crippen molar-refractivity contribution in [1.29, 1.82) is 0 Å². The lowest BCUT2D eigenvalue weighted by atomic mass is 10.1. The predicted molar refractivity (Wildman–Crippen MR) is 107 cm³/mol. The molecule has 0 aromatic heterocycles. The van der Waals surface area contributed by atoms with Crippen LogP contribution in [0.25, 0.3) is 0 Å². The largest absolute Gasteiger partial charge is 0.508 e. The molecule has 1 aliphatic rings. The Morgan fingerprint density at radius 2 is 1.79 bits per heavy atom. The second-order valence-electron chi connectivity index (χ2n) is 6.28. The first kappa shape index (κ1) is 20.8. The molecule has 1 heterocycles. The monoisotopic (exact) mass is 418 g/mol. The number of rotatable bonds is 4. The minimum atomic E-state index is -4.64. The summed E-state index contributed by atoms with van der Waals surface area (Å²) in [4.78, 5) is 16.0. The van der Waals surface area contributed by atoms with E-state index in [9.17, 15) is 23.1 Å². The molecule has 0 saturated heterocycles. The fraction of sp³-hybridized carbons (Fsp3) is 0.238. The molecule has 1 amide bonds. The molecule has 0 bridgehead atoms. The van der Waals surface area contributed by atoms with Crippen LogP contribution in [0.4, 0.5) is 13.2 Å². The van der Waals surface area contributed by atoms with E-state index < -0.39 is 23.4 Å². The highest BCUT2D eigenvalue weighted by atomic mass is 32.2. The fourth-order valence-corrected chi connectivity index (χ4v) is 3.72. The fourth-order valence-electron chi connectivity index (χ4n) is 2.66. The van der Waals surface area contributed by atoms with Crippen molar-refractivity contribution >= 4 is 22.7 Å². The average Bonchev–Trinajstić information content (AvgIpc) is 3.13. The minimum absolute atomic E-state index is 0.0383. The van der Waals surface area contributed by atoms with Crippen LogP contribution in [0, 0.1) is 11.8 Å². The number of aliphatic imine (C=N–C) groups is 1. The number of halogens is 3. The Bertz CT molecular complexity index is 948. The molecule has 150 valence electrons. The smallest absolute Gasteiger partial charge is 0.412 e. The third-order valence-corrected chi connectivity index (χ3v) is 5.27. The predicted octanol–water partition coefficient (Wildman–Crippen LogP) is 3.55. The summed E-state index contributed by atoms with van der Waals surface area (Å²) < 4.78 is 40.1. The third kappa shape index (κ3) is 5.78. The number of hydrogen-bond acceptors (Lipinski definition) is 4. The van der Waals surface area contributed by atoms with E-state index in [2.05, 4.69) is 22.2 Å². The second-order valence-corrected chi connectivity index (χ2v) is 7.41. The molecule has 2 aromatic rings. The zero-order valence-electron chi connectivity index (χ0n) is 15.1. The van der Waals surface area contributed by atoms with Crippen LogP contribution in [-0.2, 0) is 11.2 Å². The van der Waals surface area contributed by atoms with Gasteiger partial charge in [-0.05, 0) is 42.2 Å². The van der Waals surface area contributed by atoms with Crippen molar-refractivity contribution in [2.24, 2.45) is 4.99 Å². The summed E-state index contributed by atoms with van der Waals surface area (Å²) in [5, 5.41) is 10.4. The second kappa shape index (κ2) is 9.05. The number of benzene rings is 2. The first-order chi connectivity index (χ1) is 13.8. The van der Waals surface area contributed by atoms with Gasteiger partial charge in [0.05, 0.1) is 0 Å². The van der Waals surface area contributed by atoms with Crippen molar-refractivity contribution in [3.05, 3.63) is 65.7 Å². The molecule has 0 radical (unpaired) electrons. The van der Waals surface area contributed by atoms with E-state index in [-0.39, 0.29) is 17.3 Å². The van der Waals surface area contributed by atoms with E-state index in [1.54, 1.807) is 0 Å². The number of aromatic hydroxyl groups is 1. The Kier molecular flexibility index (Phi) is 6.49. The van der Waals surface area contributed by atoms with E-state index >= 15 is 0 Å². The lowest BCUT2D eigenvalue weighted by molar-refractivity contribution is -0.151. The quantitative estimate of drug-likeness (QED) is 0.747. The number of hydrogen-bond donors (Lipinski definition) is 2. The van der Waals surface area contributed by atoms with Gasteiger partial charge < -0.3 is 10.4 Å². The number of alkyl halides is 3. The zero-order chi connectivity index (χ0) is 20.9. The molecule has 2 atom stereocenters. The highest BCUT2D eigenvalue weighted by Crippen LogP contribution is 2.37. The number of nitrogens with zero attached hydrogens (tertiary/aromatic N) is 1. The maximum Gasteiger partial charge on any atom is 0.412 e. The number of phenolic OH excluding ortho intramolecular Hbond substituents is 1. The van der Waals surface area contributed by atoms with Crippen LogP contribution in [0.2, 0.25) is 0 Å². The first-order valence-electron chi connectivity index (χ1n) is 8.77. The molecule has 0 aliphatic carbocycles. The van der Waals surface area contributed by atoms with Gasteiger partial charge in [-0.3, -0.25) is 9.79 Å². The molecular formula is C21H17F3N2O2S. The lowest BCUT2D eigenvalue weighted by Crippen LogP contribution is -2.44. The molecular weight excluding hydrogens is 401 g/mol. The number of nitrogens with one attached hydrogen (secondary N) is 1. The molecule has 1 aliphatic heterocycles. The SMILES string of the molecule is O=C(NCCc1ccccc1)C1SC(C#Cc2ccc(O)cc2)=NC1C(F)(F)F. The van der Waals surface area contributed by atoms with Crippen molar-refractivity contribution in [3.63, 3.8) is 0 Å². The number of carbonyl (C=O) groups excluding carboxylic acids is 1. The van der Waals surface area contributed by atoms with Crippen LogP contribution < -0.4 is 5.32 Å². The van der Waals surface area contributed by atoms with E-state index in [1.807, 2.05) is 30.3 Å². The zero-order valence-corrected chi connectivity index (χ0v) is 15.9. The summed E-state index contributed by atoms with van der Waals surface area (Å²) in [6.45, 7) is 0.235. The number of carbonyl (C=O) groups is 1. The van der Waals surface area contributed by atoms with Crippen LogP contribution in [0.15, 0.2) is 59.6 Å². The Morgan fingerprint density at radius 3 is 2.45 bits per heavy atom. The third-order valence-electron chi connectivity index (χ3n) is 4.11. The van der Waals surface area contributed by atoms with Crippen LogP contribution in [0.5, 0.6) is 5.75 Å². The normalized spacial score (nSPS) is 18.5. The summed E-state index contributed by atoms with van der Waals surface area (Å²) in [6.07, 6.45) is -4.12. The maximum absolute atomic E-state index is 13.4. The maximum atomic E-state index is 13.4. The highest BCUT2D eigenvalue weighted by molar-refractivity contribution is 8.16. The average molecular weight is 418 g/mol. The van der Waals surface area contributed by atoms with Crippen molar-refractivity contribution in [1.82, 2.24) is 5.32 Å². The van der Waals surface area contributed by atoms with Gasteiger partial charge in [-0.15, -0.1) is 0 Å². The van der Waals surface area contributed by atoms with Crippen molar-refractivity contribution < 1.29 is 23.1 Å². The van der Waals surface area contributed by atoms with Gasteiger partial charge in [0.15, 0.2) is 6.04 Å².